The fourth-order valence-corrected chi connectivity index (χ4v) is 2.56. The first-order valence-corrected chi connectivity index (χ1v) is 6.24. The first-order chi connectivity index (χ1) is 7.88. The van der Waals surface area contributed by atoms with Crippen LogP contribution in [0.2, 0.25) is 0 Å². The van der Waals surface area contributed by atoms with Gasteiger partial charge in [-0.1, -0.05) is 12.1 Å². The number of para-hydroxylation sites is 1. The van der Waals surface area contributed by atoms with E-state index in [9.17, 15) is 13.2 Å². The molecule has 0 saturated heterocycles. The molecule has 0 fully saturated rings. The first kappa shape index (κ1) is 13.4. The van der Waals surface area contributed by atoms with E-state index >= 15 is 0 Å². The van der Waals surface area contributed by atoms with E-state index < -0.39 is 22.0 Å². The first-order valence-electron chi connectivity index (χ1n) is 4.76. The molecule has 1 aromatic rings. The van der Waals surface area contributed by atoms with Gasteiger partial charge >= 0.3 is 0 Å². The van der Waals surface area contributed by atoms with Gasteiger partial charge in [-0.25, -0.2) is 8.42 Å². The van der Waals surface area contributed by atoms with Crippen molar-refractivity contribution in [2.24, 2.45) is 11.6 Å². The molecule has 1 unspecified atom stereocenters. The van der Waals surface area contributed by atoms with Gasteiger partial charge in [-0.2, -0.15) is 4.72 Å². The number of primary amides is 1. The van der Waals surface area contributed by atoms with E-state index in [0.717, 1.165) is 0 Å². The summed E-state index contributed by atoms with van der Waals surface area (Å²) in [7, 11) is -3.84. The fourth-order valence-electron chi connectivity index (χ4n) is 1.17. The summed E-state index contributed by atoms with van der Waals surface area (Å²) in [5.74, 6) is 4.45. The summed E-state index contributed by atoms with van der Waals surface area (Å²) >= 11 is 0. The number of carbonyl (C=O) groups excluding carboxylic acids is 1. The van der Waals surface area contributed by atoms with E-state index in [-0.39, 0.29) is 10.6 Å². The smallest absolute Gasteiger partial charge is 0.243 e. The molecule has 0 saturated carbocycles. The summed E-state index contributed by atoms with van der Waals surface area (Å²) in [6, 6.07) is 5.05. The van der Waals surface area contributed by atoms with Gasteiger partial charge in [-0.15, -0.1) is 0 Å². The summed E-state index contributed by atoms with van der Waals surface area (Å²) in [6.07, 6.45) is 0. The molecule has 1 aromatic carbocycles. The Labute approximate surface area is 99.2 Å². The van der Waals surface area contributed by atoms with Crippen molar-refractivity contribution in [1.29, 1.82) is 0 Å². The van der Waals surface area contributed by atoms with Crippen molar-refractivity contribution in [3.63, 3.8) is 0 Å². The standard InChI is InChI=1S/C9H14N4O3S/c1-6(9(10)14)13-17(15,16)8-5-3-2-4-7(8)12-11/h2-6,12-13H,11H2,1H3,(H2,10,14). The molecule has 0 heterocycles. The van der Waals surface area contributed by atoms with Gasteiger partial charge in [0.15, 0.2) is 0 Å². The highest BCUT2D eigenvalue weighted by molar-refractivity contribution is 7.89. The summed E-state index contributed by atoms with van der Waals surface area (Å²) < 4.78 is 26.0. The van der Waals surface area contributed by atoms with Crippen LogP contribution in [-0.2, 0) is 14.8 Å². The Hall–Kier alpha value is -1.64. The van der Waals surface area contributed by atoms with Crippen LogP contribution < -0.4 is 21.7 Å². The minimum absolute atomic E-state index is 0.0457. The average molecular weight is 258 g/mol. The molecule has 17 heavy (non-hydrogen) atoms. The molecule has 0 radical (unpaired) electrons. The summed E-state index contributed by atoms with van der Waals surface area (Å²) in [5.41, 5.74) is 7.49. The minimum Gasteiger partial charge on any atom is -0.368 e. The lowest BCUT2D eigenvalue weighted by molar-refractivity contribution is -0.119. The predicted octanol–water partition coefficient (Wildman–Crippen LogP) is -0.876. The van der Waals surface area contributed by atoms with Crippen LogP contribution in [-0.4, -0.2) is 20.4 Å². The minimum atomic E-state index is -3.84. The molecule has 0 aliphatic rings. The van der Waals surface area contributed by atoms with Crippen LogP contribution in [0.5, 0.6) is 0 Å². The van der Waals surface area contributed by atoms with Crippen molar-refractivity contribution in [3.8, 4) is 0 Å². The maximum Gasteiger partial charge on any atom is 0.243 e. The van der Waals surface area contributed by atoms with E-state index in [2.05, 4.69) is 10.1 Å². The third kappa shape index (κ3) is 3.16. The number of benzene rings is 1. The normalized spacial score (nSPS) is 13.1. The van der Waals surface area contributed by atoms with Gasteiger partial charge in [0.2, 0.25) is 15.9 Å². The molecule has 8 heteroatoms. The number of carbonyl (C=O) groups is 1. The number of anilines is 1. The lowest BCUT2D eigenvalue weighted by Crippen LogP contribution is -2.42. The third-order valence-corrected chi connectivity index (χ3v) is 3.69. The number of nitrogen functional groups attached to an aromatic ring is 1. The topological polar surface area (TPSA) is 127 Å². The highest BCUT2D eigenvalue weighted by atomic mass is 32.2. The van der Waals surface area contributed by atoms with Crippen molar-refractivity contribution in [2.75, 3.05) is 5.43 Å². The number of rotatable bonds is 5. The van der Waals surface area contributed by atoms with Crippen LogP contribution in [0.1, 0.15) is 6.92 Å². The zero-order valence-electron chi connectivity index (χ0n) is 9.17. The Balaban J connectivity index is 3.09. The molecule has 1 atom stereocenters. The number of hydrazine groups is 1. The SMILES string of the molecule is CC(NS(=O)(=O)c1ccccc1NN)C(N)=O. The Morgan fingerprint density at radius 3 is 2.47 bits per heavy atom. The molecule has 7 nitrogen and oxygen atoms in total. The number of sulfonamides is 1. The Morgan fingerprint density at radius 2 is 1.94 bits per heavy atom. The van der Waals surface area contributed by atoms with Crippen LogP contribution in [0.25, 0.3) is 0 Å². The zero-order chi connectivity index (χ0) is 13.1. The van der Waals surface area contributed by atoms with Crippen molar-refractivity contribution in [3.05, 3.63) is 24.3 Å². The molecule has 0 aliphatic carbocycles. The molecular weight excluding hydrogens is 244 g/mol. The van der Waals surface area contributed by atoms with Crippen LogP contribution in [0.4, 0.5) is 5.69 Å². The molecular formula is C9H14N4O3S. The number of hydrogen-bond acceptors (Lipinski definition) is 5. The van der Waals surface area contributed by atoms with Crippen molar-refractivity contribution < 1.29 is 13.2 Å². The summed E-state index contributed by atoms with van der Waals surface area (Å²) in [4.78, 5) is 10.8. The van der Waals surface area contributed by atoms with Crippen LogP contribution in [0.15, 0.2) is 29.2 Å². The van der Waals surface area contributed by atoms with Crippen LogP contribution in [0.3, 0.4) is 0 Å². The highest BCUT2D eigenvalue weighted by Crippen LogP contribution is 2.19. The number of amides is 1. The van der Waals surface area contributed by atoms with Gasteiger partial charge in [-0.05, 0) is 19.1 Å². The molecule has 0 aliphatic heterocycles. The van der Waals surface area contributed by atoms with Gasteiger partial charge in [0.05, 0.1) is 11.7 Å². The van der Waals surface area contributed by atoms with E-state index in [0.29, 0.717) is 0 Å². The number of nitrogens with one attached hydrogen (secondary N) is 2. The molecule has 0 bridgehead atoms. The predicted molar refractivity (Wildman–Crippen MR) is 63.2 cm³/mol. The van der Waals surface area contributed by atoms with Crippen LogP contribution in [0, 0.1) is 0 Å². The quantitative estimate of drug-likeness (QED) is 0.403. The fraction of sp³-hybridized carbons (Fsp3) is 0.222. The maximum absolute atomic E-state index is 11.9. The maximum atomic E-state index is 11.9. The molecule has 0 aromatic heterocycles. The van der Waals surface area contributed by atoms with E-state index in [1.54, 1.807) is 12.1 Å². The Bertz CT molecular complexity index is 515. The van der Waals surface area contributed by atoms with Crippen molar-refractivity contribution in [1.82, 2.24) is 4.72 Å². The summed E-state index contributed by atoms with van der Waals surface area (Å²) in [5, 5.41) is 0. The number of nitrogens with two attached hydrogens (primary N) is 2. The van der Waals surface area contributed by atoms with E-state index in [4.69, 9.17) is 11.6 Å². The van der Waals surface area contributed by atoms with Gasteiger partial charge in [0, 0.05) is 0 Å². The lowest BCUT2D eigenvalue weighted by Gasteiger charge is -2.13. The Kier molecular flexibility index (Phi) is 4.05. The van der Waals surface area contributed by atoms with E-state index in [1.807, 2.05) is 0 Å². The van der Waals surface area contributed by atoms with Crippen molar-refractivity contribution >= 4 is 21.6 Å². The number of hydrogen-bond donors (Lipinski definition) is 4. The zero-order valence-corrected chi connectivity index (χ0v) is 9.99. The Morgan fingerprint density at radius 1 is 1.35 bits per heavy atom. The van der Waals surface area contributed by atoms with Crippen molar-refractivity contribution in [2.45, 2.75) is 17.9 Å². The highest BCUT2D eigenvalue weighted by Gasteiger charge is 2.22. The van der Waals surface area contributed by atoms with E-state index in [1.165, 1.54) is 19.1 Å². The lowest BCUT2D eigenvalue weighted by atomic mass is 10.3. The van der Waals surface area contributed by atoms with Gasteiger partial charge in [0.1, 0.15) is 4.90 Å². The monoisotopic (exact) mass is 258 g/mol. The summed E-state index contributed by atoms with van der Waals surface area (Å²) in [6.45, 7) is 1.36. The molecule has 6 N–H and O–H groups in total. The second-order valence-electron chi connectivity index (χ2n) is 3.39. The second kappa shape index (κ2) is 5.13. The molecule has 0 spiro atoms. The molecule has 1 rings (SSSR count). The molecule has 94 valence electrons. The van der Waals surface area contributed by atoms with Crippen LogP contribution >= 0.6 is 0 Å². The largest absolute Gasteiger partial charge is 0.368 e. The average Bonchev–Trinajstić information content (AvgIpc) is 2.28. The second-order valence-corrected chi connectivity index (χ2v) is 5.07. The van der Waals surface area contributed by atoms with Gasteiger partial charge < -0.3 is 11.2 Å². The van der Waals surface area contributed by atoms with Gasteiger partial charge in [0.25, 0.3) is 0 Å². The molecule has 1 amide bonds. The van der Waals surface area contributed by atoms with Gasteiger partial charge in [-0.3, -0.25) is 10.6 Å². The third-order valence-electron chi connectivity index (χ3n) is 2.09.